The van der Waals surface area contributed by atoms with E-state index in [1.54, 1.807) is 23.5 Å². The van der Waals surface area contributed by atoms with Crippen molar-refractivity contribution < 1.29 is 20.1 Å². The fraction of sp³-hybridized carbons (Fsp3) is 0.417. The fourth-order valence-corrected chi connectivity index (χ4v) is 3.84. The third-order valence-corrected chi connectivity index (χ3v) is 6.14. The minimum absolute atomic E-state index is 0.0983. The van der Waals surface area contributed by atoms with Gasteiger partial charge in [0, 0.05) is 4.88 Å². The molecule has 1 heterocycles. The lowest BCUT2D eigenvalue weighted by molar-refractivity contribution is 0.0828. The van der Waals surface area contributed by atoms with Crippen LogP contribution in [0.4, 0.5) is 0 Å². The molecular weight excluding hydrogens is 384 g/mol. The molecule has 1 aromatic heterocycles. The summed E-state index contributed by atoms with van der Waals surface area (Å²) in [6.07, 6.45) is 8.22. The lowest BCUT2D eigenvalue weighted by Gasteiger charge is -2.19. The number of thiophene rings is 1. The monoisotopic (exact) mass is 416 g/mol. The zero-order valence-electron chi connectivity index (χ0n) is 17.5. The Morgan fingerprint density at radius 1 is 1.07 bits per heavy atom. The average molecular weight is 417 g/mol. The molecule has 0 atom stereocenters. The van der Waals surface area contributed by atoms with E-state index in [0.29, 0.717) is 36.3 Å². The Labute approximate surface area is 177 Å². The van der Waals surface area contributed by atoms with Crippen molar-refractivity contribution in [3.8, 4) is 5.75 Å². The molecule has 0 spiro atoms. The van der Waals surface area contributed by atoms with Crippen LogP contribution in [0.1, 0.15) is 61.6 Å². The van der Waals surface area contributed by atoms with Crippen LogP contribution < -0.4 is 4.74 Å². The first kappa shape index (κ1) is 23.4. The van der Waals surface area contributed by atoms with Crippen molar-refractivity contribution in [2.24, 2.45) is 0 Å². The number of rotatable bonds is 11. The molecule has 0 fully saturated rings. The van der Waals surface area contributed by atoms with Gasteiger partial charge in [-0.25, -0.2) is 0 Å². The zero-order chi connectivity index (χ0) is 21.3. The van der Waals surface area contributed by atoms with Gasteiger partial charge in [0.1, 0.15) is 12.4 Å². The number of allylic oxidation sites excluding steroid dienone is 3. The van der Waals surface area contributed by atoms with Gasteiger partial charge in [0.15, 0.2) is 0 Å². The molecule has 0 unspecified atom stereocenters. The largest absolute Gasteiger partial charge is 0.488 e. The summed E-state index contributed by atoms with van der Waals surface area (Å²) in [5.74, 6) is 0.675. The van der Waals surface area contributed by atoms with Gasteiger partial charge >= 0.3 is 0 Å². The van der Waals surface area contributed by atoms with E-state index < -0.39 is 5.60 Å². The predicted octanol–water partition coefficient (Wildman–Crippen LogP) is 5.21. The van der Waals surface area contributed by atoms with Gasteiger partial charge < -0.3 is 20.1 Å². The quantitative estimate of drug-likeness (QED) is 0.440. The van der Waals surface area contributed by atoms with Crippen LogP contribution in [-0.4, -0.2) is 20.9 Å². The predicted molar refractivity (Wildman–Crippen MR) is 120 cm³/mol. The molecule has 4 nitrogen and oxygen atoms in total. The van der Waals surface area contributed by atoms with Crippen molar-refractivity contribution >= 4 is 16.9 Å². The average Bonchev–Trinajstić information content (AvgIpc) is 3.23. The molecule has 0 bridgehead atoms. The first-order chi connectivity index (χ1) is 14.0. The third-order valence-electron chi connectivity index (χ3n) is 5.23. The summed E-state index contributed by atoms with van der Waals surface area (Å²) in [5.41, 5.74) is 3.04. The Bertz CT molecular complexity index is 831. The van der Waals surface area contributed by atoms with Gasteiger partial charge in [0.2, 0.25) is 0 Å². The van der Waals surface area contributed by atoms with Crippen molar-refractivity contribution in [3.63, 3.8) is 0 Å². The topological polar surface area (TPSA) is 69.9 Å². The maximum absolute atomic E-state index is 10.4. The maximum Gasteiger partial charge on any atom is 0.122 e. The van der Waals surface area contributed by atoms with E-state index >= 15 is 0 Å². The number of aliphatic hydroxyl groups excluding tert-OH is 2. The highest BCUT2D eigenvalue weighted by molar-refractivity contribution is 7.10. The van der Waals surface area contributed by atoms with Crippen molar-refractivity contribution in [2.75, 3.05) is 0 Å². The summed E-state index contributed by atoms with van der Waals surface area (Å²) in [4.78, 5) is 1.11. The minimum atomic E-state index is -0.734. The van der Waals surface area contributed by atoms with Gasteiger partial charge in [-0.2, -0.15) is 0 Å². The summed E-state index contributed by atoms with van der Waals surface area (Å²) < 4.78 is 5.87. The van der Waals surface area contributed by atoms with Crippen LogP contribution in [0.5, 0.6) is 5.75 Å². The summed E-state index contributed by atoms with van der Waals surface area (Å²) in [6.45, 7) is 6.33. The van der Waals surface area contributed by atoms with Crippen LogP contribution in [0.15, 0.2) is 47.9 Å². The summed E-state index contributed by atoms with van der Waals surface area (Å²) in [5, 5.41) is 31.2. The lowest BCUT2D eigenvalue weighted by Crippen LogP contribution is -2.22. The van der Waals surface area contributed by atoms with Crippen LogP contribution in [0.25, 0.3) is 5.57 Å². The molecule has 0 radical (unpaired) electrons. The van der Waals surface area contributed by atoms with Crippen LogP contribution in [-0.2, 0) is 19.8 Å². The second-order valence-corrected chi connectivity index (χ2v) is 8.05. The van der Waals surface area contributed by atoms with Crippen molar-refractivity contribution in [3.05, 3.63) is 69.4 Å². The molecule has 0 aliphatic heterocycles. The van der Waals surface area contributed by atoms with Crippen molar-refractivity contribution in [1.82, 2.24) is 0 Å². The number of ether oxygens (including phenoxy) is 1. The highest BCUT2D eigenvalue weighted by Crippen LogP contribution is 2.27. The molecule has 5 heteroatoms. The first-order valence-corrected chi connectivity index (χ1v) is 11.0. The standard InChI is InChI=1S/C24H32O4S/c1-4-18(8-7-11-24(27,5-2)6-3)21-13-23(29-17-21)16-28-22-10-9-19(14-25)20(12-22)15-26/h7-13,17,25-27H,4-6,14-16H2,1-3H3/b11-7+,18-8+. The van der Waals surface area contributed by atoms with Gasteiger partial charge in [-0.05, 0) is 65.1 Å². The Morgan fingerprint density at radius 3 is 2.41 bits per heavy atom. The lowest BCUT2D eigenvalue weighted by atomic mass is 9.96. The molecule has 0 saturated carbocycles. The Hall–Kier alpha value is -1.92. The minimum Gasteiger partial charge on any atom is -0.488 e. The number of benzene rings is 1. The van der Waals surface area contributed by atoms with Crippen LogP contribution in [0.3, 0.4) is 0 Å². The number of hydrogen-bond donors (Lipinski definition) is 3. The van der Waals surface area contributed by atoms with Crippen LogP contribution >= 0.6 is 11.3 Å². The molecule has 2 aromatic rings. The number of aliphatic hydroxyl groups is 3. The SMILES string of the molecule is CC/C(=C\C=C\C(O)(CC)CC)c1csc(COc2ccc(CO)c(CO)c2)c1. The molecule has 1 aromatic carbocycles. The van der Waals surface area contributed by atoms with E-state index in [-0.39, 0.29) is 13.2 Å². The molecule has 158 valence electrons. The molecule has 2 rings (SSSR count). The first-order valence-electron chi connectivity index (χ1n) is 10.1. The van der Waals surface area contributed by atoms with E-state index in [2.05, 4.69) is 24.4 Å². The maximum atomic E-state index is 10.4. The molecule has 0 amide bonds. The van der Waals surface area contributed by atoms with Crippen LogP contribution in [0, 0.1) is 0 Å². The van der Waals surface area contributed by atoms with E-state index in [1.807, 2.05) is 32.1 Å². The molecule has 29 heavy (non-hydrogen) atoms. The number of hydrogen-bond acceptors (Lipinski definition) is 5. The molecule has 0 aliphatic carbocycles. The Morgan fingerprint density at radius 2 is 1.79 bits per heavy atom. The highest BCUT2D eigenvalue weighted by atomic mass is 32.1. The normalized spacial score (nSPS) is 12.7. The summed E-state index contributed by atoms with van der Waals surface area (Å²) >= 11 is 1.65. The van der Waals surface area contributed by atoms with Gasteiger partial charge in [-0.1, -0.05) is 45.1 Å². The van der Waals surface area contributed by atoms with E-state index in [1.165, 1.54) is 11.1 Å². The van der Waals surface area contributed by atoms with E-state index in [4.69, 9.17) is 4.74 Å². The second-order valence-electron chi connectivity index (χ2n) is 7.05. The van der Waals surface area contributed by atoms with Gasteiger partial charge in [-0.3, -0.25) is 0 Å². The Balaban J connectivity index is 2.05. The Kier molecular flexibility index (Phi) is 9.11. The fourth-order valence-electron chi connectivity index (χ4n) is 3.02. The zero-order valence-corrected chi connectivity index (χ0v) is 18.3. The van der Waals surface area contributed by atoms with Gasteiger partial charge in [0.05, 0.1) is 18.8 Å². The van der Waals surface area contributed by atoms with Crippen LogP contribution in [0.2, 0.25) is 0 Å². The molecule has 0 saturated heterocycles. The molecular formula is C24H32O4S. The van der Waals surface area contributed by atoms with Gasteiger partial charge in [0.25, 0.3) is 0 Å². The smallest absolute Gasteiger partial charge is 0.122 e. The summed E-state index contributed by atoms with van der Waals surface area (Å²) in [7, 11) is 0. The van der Waals surface area contributed by atoms with Crippen molar-refractivity contribution in [1.29, 1.82) is 0 Å². The van der Waals surface area contributed by atoms with Crippen molar-refractivity contribution in [2.45, 2.75) is 65.5 Å². The second kappa shape index (κ2) is 11.3. The third kappa shape index (κ3) is 6.54. The summed E-state index contributed by atoms with van der Waals surface area (Å²) in [6, 6.07) is 7.49. The highest BCUT2D eigenvalue weighted by Gasteiger charge is 2.16. The molecule has 3 N–H and O–H groups in total. The van der Waals surface area contributed by atoms with E-state index in [0.717, 1.165) is 11.3 Å². The van der Waals surface area contributed by atoms with Gasteiger partial charge in [-0.15, -0.1) is 11.3 Å². The molecule has 0 aliphatic rings. The van der Waals surface area contributed by atoms with E-state index in [9.17, 15) is 15.3 Å².